The molecule has 0 radical (unpaired) electrons. The average Bonchev–Trinajstić information content (AvgIpc) is 3.29. The first-order chi connectivity index (χ1) is 15.5. The molecule has 0 aliphatic carbocycles. The Morgan fingerprint density at radius 3 is 2.47 bits per heavy atom. The Morgan fingerprint density at radius 1 is 1.00 bits per heavy atom. The van der Waals surface area contributed by atoms with Crippen LogP contribution in [-0.2, 0) is 14.3 Å². The van der Waals surface area contributed by atoms with E-state index in [9.17, 15) is 4.79 Å². The molecule has 1 unspecified atom stereocenters. The quantitative estimate of drug-likeness (QED) is 0.735. The fourth-order valence-corrected chi connectivity index (χ4v) is 5.05. The summed E-state index contributed by atoms with van der Waals surface area (Å²) in [7, 11) is 0. The highest BCUT2D eigenvalue weighted by Gasteiger charge is 2.42. The molecule has 0 N–H and O–H groups in total. The Bertz CT molecular complexity index is 962. The molecule has 170 valence electrons. The number of amides is 1. The van der Waals surface area contributed by atoms with Gasteiger partial charge in [-0.2, -0.15) is 0 Å². The number of aromatic nitrogens is 2. The van der Waals surface area contributed by atoms with Gasteiger partial charge in [0.1, 0.15) is 0 Å². The standard InChI is InChI=1S/C25H32N4O3/c1-18-5-6-20(16-19(18)2)22-7-8-23(27-26-22)29-11-3-4-21(17-29)24(30)28-12-9-25(10-13-28)31-14-15-32-25/h5-8,16,21H,3-4,9-15,17H2,1-2H3. The average molecular weight is 437 g/mol. The number of hydrogen-bond donors (Lipinski definition) is 0. The van der Waals surface area contributed by atoms with Gasteiger partial charge in [0.15, 0.2) is 11.6 Å². The van der Waals surface area contributed by atoms with E-state index in [1.807, 2.05) is 17.0 Å². The van der Waals surface area contributed by atoms with Gasteiger partial charge < -0.3 is 19.3 Å². The van der Waals surface area contributed by atoms with Gasteiger partial charge in [-0.25, -0.2) is 0 Å². The fourth-order valence-electron chi connectivity index (χ4n) is 5.05. The molecule has 7 heteroatoms. The molecule has 1 amide bonds. The zero-order valence-electron chi connectivity index (χ0n) is 19.0. The molecule has 0 saturated carbocycles. The third kappa shape index (κ3) is 4.24. The molecular formula is C25H32N4O3. The largest absolute Gasteiger partial charge is 0.354 e. The van der Waals surface area contributed by atoms with Gasteiger partial charge in [-0.3, -0.25) is 4.79 Å². The van der Waals surface area contributed by atoms with Crippen LogP contribution in [0.3, 0.4) is 0 Å². The van der Waals surface area contributed by atoms with Crippen molar-refractivity contribution in [3.05, 3.63) is 41.5 Å². The fraction of sp³-hybridized carbons (Fsp3) is 0.560. The molecule has 5 rings (SSSR count). The van der Waals surface area contributed by atoms with Crippen molar-refractivity contribution < 1.29 is 14.3 Å². The van der Waals surface area contributed by atoms with E-state index in [-0.39, 0.29) is 11.8 Å². The maximum Gasteiger partial charge on any atom is 0.227 e. The van der Waals surface area contributed by atoms with Crippen LogP contribution in [-0.4, -0.2) is 66.2 Å². The Labute approximate surface area is 189 Å². The SMILES string of the molecule is Cc1ccc(-c2ccc(N3CCCC(C(=O)N4CCC5(CC4)OCCO5)C3)nn2)cc1C. The molecule has 2 aromatic rings. The molecule has 1 spiro atoms. The molecule has 0 bridgehead atoms. The minimum atomic E-state index is -0.442. The minimum Gasteiger partial charge on any atom is -0.354 e. The molecule has 3 fully saturated rings. The van der Waals surface area contributed by atoms with Crippen molar-refractivity contribution in [2.24, 2.45) is 5.92 Å². The number of carbonyl (C=O) groups is 1. The highest BCUT2D eigenvalue weighted by atomic mass is 16.7. The topological polar surface area (TPSA) is 67.8 Å². The summed E-state index contributed by atoms with van der Waals surface area (Å²) in [5.41, 5.74) is 4.48. The van der Waals surface area contributed by atoms with Crippen LogP contribution in [0, 0.1) is 19.8 Å². The summed E-state index contributed by atoms with van der Waals surface area (Å²) in [6.07, 6.45) is 3.44. The molecule has 1 aromatic heterocycles. The van der Waals surface area contributed by atoms with E-state index >= 15 is 0 Å². The van der Waals surface area contributed by atoms with Crippen molar-refractivity contribution in [2.45, 2.75) is 45.3 Å². The number of likely N-dealkylation sites (tertiary alicyclic amines) is 1. The van der Waals surface area contributed by atoms with Crippen molar-refractivity contribution in [3.63, 3.8) is 0 Å². The van der Waals surface area contributed by atoms with Crippen LogP contribution in [0.2, 0.25) is 0 Å². The van der Waals surface area contributed by atoms with Crippen molar-refractivity contribution in [3.8, 4) is 11.3 Å². The van der Waals surface area contributed by atoms with E-state index in [0.29, 0.717) is 32.8 Å². The third-order valence-electron chi connectivity index (χ3n) is 7.20. The number of aryl methyl sites for hydroxylation is 2. The lowest BCUT2D eigenvalue weighted by molar-refractivity contribution is -0.188. The molecule has 3 aliphatic rings. The van der Waals surface area contributed by atoms with Crippen molar-refractivity contribution in [1.82, 2.24) is 15.1 Å². The van der Waals surface area contributed by atoms with Gasteiger partial charge in [0.25, 0.3) is 0 Å². The van der Waals surface area contributed by atoms with Gasteiger partial charge in [0.05, 0.1) is 24.8 Å². The first-order valence-corrected chi connectivity index (χ1v) is 11.8. The second-order valence-corrected chi connectivity index (χ2v) is 9.29. The molecule has 1 aromatic carbocycles. The highest BCUT2D eigenvalue weighted by molar-refractivity contribution is 5.80. The Kier molecular flexibility index (Phi) is 5.86. The maximum atomic E-state index is 13.2. The van der Waals surface area contributed by atoms with E-state index in [0.717, 1.165) is 49.3 Å². The summed E-state index contributed by atoms with van der Waals surface area (Å²) in [5.74, 6) is 0.662. The molecule has 1 atom stereocenters. The number of piperidine rings is 2. The normalized spacial score (nSPS) is 23.0. The van der Waals surface area contributed by atoms with Crippen LogP contribution in [0.25, 0.3) is 11.3 Å². The second kappa shape index (κ2) is 8.79. The predicted octanol–water partition coefficient (Wildman–Crippen LogP) is 3.34. The van der Waals surface area contributed by atoms with Gasteiger partial charge in [-0.05, 0) is 56.0 Å². The molecular weight excluding hydrogens is 404 g/mol. The summed E-state index contributed by atoms with van der Waals surface area (Å²) in [6.45, 7) is 8.57. The van der Waals surface area contributed by atoms with Crippen LogP contribution in [0.4, 0.5) is 5.82 Å². The molecule has 3 saturated heterocycles. The predicted molar refractivity (Wildman–Crippen MR) is 122 cm³/mol. The summed E-state index contributed by atoms with van der Waals surface area (Å²) in [4.78, 5) is 17.4. The van der Waals surface area contributed by atoms with Crippen molar-refractivity contribution >= 4 is 11.7 Å². The van der Waals surface area contributed by atoms with E-state index < -0.39 is 5.79 Å². The van der Waals surface area contributed by atoms with Crippen LogP contribution in [0.1, 0.15) is 36.8 Å². The summed E-state index contributed by atoms with van der Waals surface area (Å²) in [5, 5.41) is 8.98. The maximum absolute atomic E-state index is 13.2. The van der Waals surface area contributed by atoms with Crippen molar-refractivity contribution in [2.75, 3.05) is 44.3 Å². The zero-order valence-corrected chi connectivity index (χ0v) is 19.0. The van der Waals surface area contributed by atoms with E-state index in [4.69, 9.17) is 9.47 Å². The van der Waals surface area contributed by atoms with Crippen LogP contribution >= 0.6 is 0 Å². The lowest BCUT2D eigenvalue weighted by Crippen LogP contribution is -2.51. The second-order valence-electron chi connectivity index (χ2n) is 9.29. The smallest absolute Gasteiger partial charge is 0.227 e. The van der Waals surface area contributed by atoms with Crippen LogP contribution < -0.4 is 4.90 Å². The number of rotatable bonds is 3. The molecule has 7 nitrogen and oxygen atoms in total. The van der Waals surface area contributed by atoms with Gasteiger partial charge in [-0.15, -0.1) is 10.2 Å². The first kappa shape index (κ1) is 21.3. The Morgan fingerprint density at radius 2 is 1.78 bits per heavy atom. The van der Waals surface area contributed by atoms with Gasteiger partial charge in [0.2, 0.25) is 5.91 Å². The van der Waals surface area contributed by atoms with E-state index in [1.54, 1.807) is 0 Å². The van der Waals surface area contributed by atoms with E-state index in [2.05, 4.69) is 47.1 Å². The Hall–Kier alpha value is -2.51. The summed E-state index contributed by atoms with van der Waals surface area (Å²) >= 11 is 0. The number of hydrogen-bond acceptors (Lipinski definition) is 6. The number of nitrogens with zero attached hydrogens (tertiary/aromatic N) is 4. The third-order valence-corrected chi connectivity index (χ3v) is 7.20. The number of carbonyl (C=O) groups excluding carboxylic acids is 1. The van der Waals surface area contributed by atoms with Gasteiger partial charge in [-0.1, -0.05) is 12.1 Å². The lowest BCUT2D eigenvalue weighted by Gasteiger charge is -2.40. The first-order valence-electron chi connectivity index (χ1n) is 11.8. The monoisotopic (exact) mass is 436 g/mol. The van der Waals surface area contributed by atoms with Gasteiger partial charge in [0, 0.05) is 44.6 Å². The Balaban J connectivity index is 1.22. The lowest BCUT2D eigenvalue weighted by atomic mass is 9.94. The molecule has 32 heavy (non-hydrogen) atoms. The van der Waals surface area contributed by atoms with Crippen LogP contribution in [0.5, 0.6) is 0 Å². The summed E-state index contributed by atoms with van der Waals surface area (Å²) in [6, 6.07) is 10.4. The zero-order chi connectivity index (χ0) is 22.1. The summed E-state index contributed by atoms with van der Waals surface area (Å²) < 4.78 is 11.6. The van der Waals surface area contributed by atoms with Gasteiger partial charge >= 0.3 is 0 Å². The van der Waals surface area contributed by atoms with E-state index in [1.165, 1.54) is 11.1 Å². The highest BCUT2D eigenvalue weighted by Crippen LogP contribution is 2.33. The number of anilines is 1. The number of ether oxygens (including phenoxy) is 2. The van der Waals surface area contributed by atoms with Crippen LogP contribution in [0.15, 0.2) is 30.3 Å². The van der Waals surface area contributed by atoms with Crippen molar-refractivity contribution in [1.29, 1.82) is 0 Å². The molecule has 3 aliphatic heterocycles. The minimum absolute atomic E-state index is 0.00411. The molecule has 4 heterocycles. The number of benzene rings is 1.